The number of terminal acetylenes is 1. The lowest BCUT2D eigenvalue weighted by Crippen LogP contribution is -2.69. The third kappa shape index (κ3) is 4.01. The second-order valence-corrected chi connectivity index (χ2v) is 6.07. The van der Waals surface area contributed by atoms with Gasteiger partial charge in [-0.3, -0.25) is 4.79 Å². The molecule has 0 saturated carbocycles. The molecule has 2 saturated heterocycles. The Hall–Kier alpha value is -2.49. The van der Waals surface area contributed by atoms with E-state index >= 15 is 4.39 Å². The quantitative estimate of drug-likeness (QED) is 0.267. The van der Waals surface area contributed by atoms with Crippen molar-refractivity contribution in [2.45, 2.75) is 55.3 Å². The van der Waals surface area contributed by atoms with Crippen molar-refractivity contribution in [3.8, 4) is 12.3 Å². The largest absolute Gasteiger partial charge is 0.465 e. The van der Waals surface area contributed by atoms with Crippen LogP contribution in [0.15, 0.2) is 0 Å². The van der Waals surface area contributed by atoms with Crippen molar-refractivity contribution in [1.29, 1.82) is 0 Å². The van der Waals surface area contributed by atoms with E-state index in [2.05, 4.69) is 20.7 Å². The molecule has 0 aromatic rings. The highest BCUT2D eigenvalue weighted by molar-refractivity contribution is 5.79. The van der Waals surface area contributed by atoms with Gasteiger partial charge in [-0.2, -0.15) is 4.39 Å². The van der Waals surface area contributed by atoms with Crippen molar-refractivity contribution in [3.63, 3.8) is 0 Å². The smallest absolute Gasteiger partial charge is 0.408 e. The fourth-order valence-electron chi connectivity index (χ4n) is 2.93. The van der Waals surface area contributed by atoms with E-state index in [1.54, 1.807) is 0 Å². The molecule has 0 aromatic heterocycles. The lowest BCUT2D eigenvalue weighted by atomic mass is 9.88. The number of halogens is 2. The lowest BCUT2D eigenvalue weighted by Gasteiger charge is -2.43. The van der Waals surface area contributed by atoms with E-state index in [4.69, 9.17) is 15.9 Å². The van der Waals surface area contributed by atoms with Crippen molar-refractivity contribution < 1.29 is 52.3 Å². The van der Waals surface area contributed by atoms with Crippen LogP contribution < -0.4 is 5.32 Å². The molecule has 7 atom stereocenters. The molecule has 3 N–H and O–H groups in total. The number of fused-ring (bicyclic) bond motifs is 1. The molecule has 12 heteroatoms. The molecule has 0 spiro atoms. The number of hydrogen-bond donors (Lipinski definition) is 3. The van der Waals surface area contributed by atoms with Crippen LogP contribution in [-0.4, -0.2) is 84.4 Å². The van der Waals surface area contributed by atoms with Gasteiger partial charge in [-0.05, 0) is 0 Å². The predicted molar refractivity (Wildman–Crippen MR) is 83.9 cm³/mol. The Bertz CT molecular complexity index is 669. The van der Waals surface area contributed by atoms with E-state index in [-0.39, 0.29) is 12.8 Å². The van der Waals surface area contributed by atoms with Crippen molar-refractivity contribution in [2.24, 2.45) is 0 Å². The maximum atomic E-state index is 15.0. The van der Waals surface area contributed by atoms with Crippen LogP contribution in [0, 0.1) is 12.3 Å². The van der Waals surface area contributed by atoms with E-state index in [0.717, 1.165) is 7.11 Å². The summed E-state index contributed by atoms with van der Waals surface area (Å²) in [5.74, 6) is -4.23. The molecular formula is C16H19F2NO9. The Morgan fingerprint density at radius 3 is 2.75 bits per heavy atom. The summed E-state index contributed by atoms with van der Waals surface area (Å²) in [6.07, 6.45) is -6.44. The molecule has 2 aliphatic heterocycles. The highest BCUT2D eigenvalue weighted by Gasteiger charge is 2.67. The van der Waals surface area contributed by atoms with Crippen LogP contribution in [0.5, 0.6) is 0 Å². The van der Waals surface area contributed by atoms with Gasteiger partial charge in [-0.15, -0.1) is 12.3 Å². The first-order valence-electron chi connectivity index (χ1n) is 8.17. The Morgan fingerprint density at radius 2 is 2.18 bits per heavy atom. The normalized spacial score (nSPS) is 33.5. The highest BCUT2D eigenvalue weighted by atomic mass is 19.2. The van der Waals surface area contributed by atoms with Gasteiger partial charge in [-0.1, -0.05) is 0 Å². The second-order valence-electron chi connectivity index (χ2n) is 6.07. The number of carbonyl (C=O) groups excluding carboxylic acids is 3. The Balaban J connectivity index is 2.38. The third-order valence-corrected chi connectivity index (χ3v) is 4.28. The van der Waals surface area contributed by atoms with Gasteiger partial charge in [0.1, 0.15) is 18.2 Å². The predicted octanol–water partition coefficient (Wildman–Crippen LogP) is -1.28. The van der Waals surface area contributed by atoms with Crippen LogP contribution in [0.4, 0.5) is 13.6 Å². The van der Waals surface area contributed by atoms with E-state index in [0.29, 0.717) is 0 Å². The van der Waals surface area contributed by atoms with Gasteiger partial charge in [-0.25, -0.2) is 14.0 Å². The van der Waals surface area contributed by atoms with E-state index in [1.165, 1.54) is 0 Å². The van der Waals surface area contributed by atoms with Gasteiger partial charge in [0.2, 0.25) is 6.17 Å². The van der Waals surface area contributed by atoms with Crippen LogP contribution in [-0.2, 0) is 28.5 Å². The average Bonchev–Trinajstić information content (AvgIpc) is 3.07. The number of carbonyl (C=O) groups is 3. The second kappa shape index (κ2) is 8.68. The van der Waals surface area contributed by atoms with Gasteiger partial charge in [0.05, 0.1) is 20.1 Å². The standard InChI is InChI=1S/C16H19F2NO9/c1-3-4-5-8(22)26-10(7(21)6-20)11-9-12(27-15(24)19-9)13(17)16(18,28-11)14(23)25-2/h1,7,9-13,20-21H,4-6H2,2H3,(H,19,24)/t7-,9?,10-,11?,12?,13?,16?/m1/s1. The fraction of sp³-hybridized carbons (Fsp3) is 0.688. The molecular weight excluding hydrogens is 388 g/mol. The minimum atomic E-state index is -3.72. The number of alkyl halides is 2. The number of methoxy groups -OCH3 is 1. The first-order chi connectivity index (χ1) is 13.2. The summed E-state index contributed by atoms with van der Waals surface area (Å²) < 4.78 is 48.4. The summed E-state index contributed by atoms with van der Waals surface area (Å²) in [6, 6.07) is -1.44. The van der Waals surface area contributed by atoms with Gasteiger partial charge < -0.3 is 34.5 Å². The van der Waals surface area contributed by atoms with E-state index in [9.17, 15) is 29.0 Å². The van der Waals surface area contributed by atoms with E-state index in [1.807, 2.05) is 0 Å². The van der Waals surface area contributed by atoms with E-state index < -0.39 is 67.1 Å². The monoisotopic (exact) mass is 407 g/mol. The number of ether oxygens (including phenoxy) is 4. The minimum Gasteiger partial charge on any atom is -0.465 e. The number of esters is 2. The molecule has 0 radical (unpaired) electrons. The molecule has 156 valence electrons. The molecule has 0 aliphatic carbocycles. The summed E-state index contributed by atoms with van der Waals surface area (Å²) in [5.41, 5.74) is 0. The van der Waals surface area contributed by atoms with Crippen molar-refractivity contribution in [1.82, 2.24) is 5.32 Å². The number of amides is 1. The van der Waals surface area contributed by atoms with Crippen molar-refractivity contribution in [3.05, 3.63) is 0 Å². The summed E-state index contributed by atoms with van der Waals surface area (Å²) >= 11 is 0. The number of rotatable bonds is 7. The molecule has 5 unspecified atom stereocenters. The Kier molecular flexibility index (Phi) is 6.76. The maximum Gasteiger partial charge on any atom is 0.408 e. The first kappa shape index (κ1) is 21.8. The molecule has 2 rings (SSSR count). The maximum absolute atomic E-state index is 15.0. The number of nitrogens with one attached hydrogen (secondary N) is 1. The Labute approximate surface area is 158 Å². The zero-order valence-corrected chi connectivity index (χ0v) is 14.7. The van der Waals surface area contributed by atoms with Gasteiger partial charge in [0.25, 0.3) is 0 Å². The molecule has 0 bridgehead atoms. The van der Waals surface area contributed by atoms with Gasteiger partial charge in [0, 0.05) is 6.42 Å². The van der Waals surface area contributed by atoms with Crippen LogP contribution >= 0.6 is 0 Å². The number of hydrogen-bond acceptors (Lipinski definition) is 9. The van der Waals surface area contributed by atoms with Crippen LogP contribution in [0.1, 0.15) is 12.8 Å². The molecule has 28 heavy (non-hydrogen) atoms. The molecule has 10 nitrogen and oxygen atoms in total. The van der Waals surface area contributed by atoms with Crippen molar-refractivity contribution in [2.75, 3.05) is 13.7 Å². The summed E-state index contributed by atoms with van der Waals surface area (Å²) in [5, 5.41) is 21.4. The lowest BCUT2D eigenvalue weighted by molar-refractivity contribution is -0.288. The Morgan fingerprint density at radius 1 is 1.50 bits per heavy atom. The molecule has 2 fully saturated rings. The first-order valence-corrected chi connectivity index (χ1v) is 8.17. The minimum absolute atomic E-state index is 0.0139. The zero-order chi connectivity index (χ0) is 21.1. The SMILES string of the molecule is C#CCCC(=O)O[C@@H](C1OC(F)(C(=O)OC)C(F)C2OC(=O)NC21)[C@H](O)CO. The highest BCUT2D eigenvalue weighted by Crippen LogP contribution is 2.40. The molecule has 0 aromatic carbocycles. The van der Waals surface area contributed by atoms with Gasteiger partial charge in [0.15, 0.2) is 12.2 Å². The summed E-state index contributed by atoms with van der Waals surface area (Å²) in [4.78, 5) is 35.2. The van der Waals surface area contributed by atoms with Crippen LogP contribution in [0.2, 0.25) is 0 Å². The number of alkyl carbamates (subject to hydrolysis) is 1. The summed E-state index contributed by atoms with van der Waals surface area (Å²) in [7, 11) is 0.777. The molecule has 2 heterocycles. The number of aliphatic hydroxyl groups is 2. The van der Waals surface area contributed by atoms with Gasteiger partial charge >= 0.3 is 23.9 Å². The zero-order valence-electron chi connectivity index (χ0n) is 14.7. The number of aliphatic hydroxyl groups excluding tert-OH is 2. The fourth-order valence-corrected chi connectivity index (χ4v) is 2.93. The van der Waals surface area contributed by atoms with Crippen molar-refractivity contribution >= 4 is 18.0 Å². The topological polar surface area (TPSA) is 141 Å². The molecule has 2 aliphatic rings. The van der Waals surface area contributed by atoms with Crippen LogP contribution in [0.3, 0.4) is 0 Å². The average molecular weight is 407 g/mol. The third-order valence-electron chi connectivity index (χ3n) is 4.28. The summed E-state index contributed by atoms with van der Waals surface area (Å²) in [6.45, 7) is -0.963. The van der Waals surface area contributed by atoms with Crippen LogP contribution in [0.25, 0.3) is 0 Å². The molecule has 1 amide bonds.